The minimum absolute atomic E-state index is 0.0895. The molecule has 0 bridgehead atoms. The predicted octanol–water partition coefficient (Wildman–Crippen LogP) is 0.815. The number of nitrogens with zero attached hydrogens (tertiary/aromatic N) is 2. The normalized spacial score (nSPS) is 10.1. The van der Waals surface area contributed by atoms with Crippen molar-refractivity contribution in [3.05, 3.63) is 21.4 Å². The van der Waals surface area contributed by atoms with E-state index in [4.69, 9.17) is 11.6 Å². The first kappa shape index (κ1) is 9.98. The molecule has 4 nitrogen and oxygen atoms in total. The van der Waals surface area contributed by atoms with E-state index in [-0.39, 0.29) is 17.1 Å². The fraction of sp³-hybridized carbons (Fsp3) is 0.429. The van der Waals surface area contributed by atoms with Crippen LogP contribution in [-0.4, -0.2) is 23.0 Å². The van der Waals surface area contributed by atoms with Crippen molar-refractivity contribution < 1.29 is 4.39 Å². The predicted molar refractivity (Wildman–Crippen MR) is 49.0 cm³/mol. The van der Waals surface area contributed by atoms with Gasteiger partial charge in [-0.3, -0.25) is 9.48 Å². The van der Waals surface area contributed by atoms with Crippen LogP contribution in [0.3, 0.4) is 0 Å². The maximum Gasteiger partial charge on any atom is 0.221 e. The number of anilines is 1. The summed E-state index contributed by atoms with van der Waals surface area (Å²) in [6.45, 7) is -0.354. The summed E-state index contributed by atoms with van der Waals surface area (Å²) in [6.07, 6.45) is 0. The van der Waals surface area contributed by atoms with Crippen molar-refractivity contribution in [3.63, 3.8) is 0 Å². The quantitative estimate of drug-likeness (QED) is 0.795. The van der Waals surface area contributed by atoms with Crippen molar-refractivity contribution in [1.82, 2.24) is 9.78 Å². The van der Waals surface area contributed by atoms with Crippen molar-refractivity contribution in [2.45, 2.75) is 0 Å². The average Bonchev–Trinajstić information content (AvgIpc) is 2.09. The van der Waals surface area contributed by atoms with Gasteiger partial charge in [0.2, 0.25) is 5.43 Å². The fourth-order valence-corrected chi connectivity index (χ4v) is 1.02. The van der Waals surface area contributed by atoms with Gasteiger partial charge >= 0.3 is 0 Å². The molecule has 0 spiro atoms. The van der Waals surface area contributed by atoms with E-state index in [1.54, 1.807) is 7.05 Å². The molecule has 0 amide bonds. The Kier molecular flexibility index (Phi) is 3.25. The second-order valence-electron chi connectivity index (χ2n) is 2.42. The highest BCUT2D eigenvalue weighted by atomic mass is 35.5. The maximum atomic E-state index is 11.8. The third-order valence-corrected chi connectivity index (χ3v) is 1.72. The summed E-state index contributed by atoms with van der Waals surface area (Å²) in [5.41, 5.74) is -0.374. The number of hydrogen-bond acceptors (Lipinski definition) is 3. The Balaban J connectivity index is 2.95. The standard InChI is InChI=1S/C7H9ClFN3O/c1-12-6(10-3-2-9)4-5(13)7(8)11-12/h4,10H,2-3H2,1H3. The highest BCUT2D eigenvalue weighted by Crippen LogP contribution is 2.03. The minimum Gasteiger partial charge on any atom is -0.368 e. The molecule has 1 aromatic heterocycles. The lowest BCUT2D eigenvalue weighted by Gasteiger charge is -2.07. The van der Waals surface area contributed by atoms with Gasteiger partial charge in [-0.25, -0.2) is 4.39 Å². The monoisotopic (exact) mass is 205 g/mol. The van der Waals surface area contributed by atoms with Crippen LogP contribution in [0, 0.1) is 0 Å². The average molecular weight is 206 g/mol. The second kappa shape index (κ2) is 4.23. The van der Waals surface area contributed by atoms with Gasteiger partial charge in [-0.15, -0.1) is 0 Å². The molecule has 0 saturated carbocycles. The van der Waals surface area contributed by atoms with Gasteiger partial charge in [0, 0.05) is 19.7 Å². The summed E-state index contributed by atoms with van der Waals surface area (Å²) in [5.74, 6) is 0.451. The van der Waals surface area contributed by atoms with Crippen molar-refractivity contribution in [2.24, 2.45) is 7.05 Å². The van der Waals surface area contributed by atoms with Crippen LogP contribution in [0.5, 0.6) is 0 Å². The Bertz CT molecular complexity index is 352. The highest BCUT2D eigenvalue weighted by Gasteiger charge is 2.02. The maximum absolute atomic E-state index is 11.8. The molecule has 0 saturated heterocycles. The van der Waals surface area contributed by atoms with Gasteiger partial charge < -0.3 is 5.32 Å². The molecule has 0 aromatic carbocycles. The molecule has 6 heteroatoms. The van der Waals surface area contributed by atoms with Crippen LogP contribution in [0.4, 0.5) is 10.2 Å². The van der Waals surface area contributed by atoms with Crippen LogP contribution in [0.1, 0.15) is 0 Å². The van der Waals surface area contributed by atoms with Crippen molar-refractivity contribution in [1.29, 1.82) is 0 Å². The van der Waals surface area contributed by atoms with Gasteiger partial charge in [0.15, 0.2) is 5.15 Å². The van der Waals surface area contributed by atoms with E-state index in [0.29, 0.717) is 5.82 Å². The lowest BCUT2D eigenvalue weighted by molar-refractivity contribution is 0.511. The Hall–Kier alpha value is -1.10. The number of nitrogens with one attached hydrogen (secondary N) is 1. The zero-order valence-corrected chi connectivity index (χ0v) is 7.81. The largest absolute Gasteiger partial charge is 0.368 e. The van der Waals surface area contributed by atoms with Gasteiger partial charge in [0.25, 0.3) is 0 Å². The fourth-order valence-electron chi connectivity index (χ4n) is 0.853. The van der Waals surface area contributed by atoms with Gasteiger partial charge in [-0.1, -0.05) is 11.6 Å². The summed E-state index contributed by atoms with van der Waals surface area (Å²) in [6, 6.07) is 1.28. The van der Waals surface area contributed by atoms with Crippen molar-refractivity contribution in [2.75, 3.05) is 18.5 Å². The van der Waals surface area contributed by atoms with E-state index in [0.717, 1.165) is 0 Å². The van der Waals surface area contributed by atoms with E-state index >= 15 is 0 Å². The van der Waals surface area contributed by atoms with Crippen LogP contribution in [-0.2, 0) is 7.05 Å². The highest BCUT2D eigenvalue weighted by molar-refractivity contribution is 6.29. The lowest BCUT2D eigenvalue weighted by Crippen LogP contribution is -2.16. The lowest BCUT2D eigenvalue weighted by atomic mass is 10.5. The van der Waals surface area contributed by atoms with E-state index in [1.807, 2.05) is 0 Å². The topological polar surface area (TPSA) is 46.9 Å². The number of hydrogen-bond donors (Lipinski definition) is 1. The summed E-state index contributed by atoms with van der Waals surface area (Å²) in [5, 5.41) is 6.32. The molecule has 1 heterocycles. The van der Waals surface area contributed by atoms with Crippen LogP contribution < -0.4 is 10.7 Å². The molecule has 1 N–H and O–H groups in total. The van der Waals surface area contributed by atoms with Gasteiger partial charge in [-0.2, -0.15) is 5.10 Å². The summed E-state index contributed by atoms with van der Waals surface area (Å²) < 4.78 is 13.2. The molecular weight excluding hydrogens is 197 g/mol. The first-order chi connectivity index (χ1) is 6.15. The Morgan fingerprint density at radius 1 is 1.77 bits per heavy atom. The molecule has 0 aliphatic rings. The summed E-state index contributed by atoms with van der Waals surface area (Å²) in [7, 11) is 1.62. The first-order valence-electron chi connectivity index (χ1n) is 3.69. The molecule has 0 fully saturated rings. The van der Waals surface area contributed by atoms with Gasteiger partial charge in [0.1, 0.15) is 12.5 Å². The first-order valence-corrected chi connectivity index (χ1v) is 4.06. The second-order valence-corrected chi connectivity index (χ2v) is 2.78. The molecule has 1 aromatic rings. The number of rotatable bonds is 3. The smallest absolute Gasteiger partial charge is 0.221 e. The van der Waals surface area contributed by atoms with E-state index in [9.17, 15) is 9.18 Å². The number of halogens is 2. The molecule has 13 heavy (non-hydrogen) atoms. The summed E-state index contributed by atoms with van der Waals surface area (Å²) >= 11 is 5.47. The van der Waals surface area contributed by atoms with Crippen LogP contribution >= 0.6 is 11.6 Å². The summed E-state index contributed by atoms with van der Waals surface area (Å²) in [4.78, 5) is 11.0. The molecule has 0 aliphatic carbocycles. The third kappa shape index (κ3) is 2.42. The molecule has 0 atom stereocenters. The number of alkyl halides is 1. The van der Waals surface area contributed by atoms with Crippen LogP contribution in [0.15, 0.2) is 10.9 Å². The third-order valence-electron chi connectivity index (χ3n) is 1.46. The van der Waals surface area contributed by atoms with E-state index in [1.165, 1.54) is 10.7 Å². The van der Waals surface area contributed by atoms with Crippen molar-refractivity contribution in [3.8, 4) is 0 Å². The zero-order chi connectivity index (χ0) is 9.84. The molecule has 0 unspecified atom stereocenters. The van der Waals surface area contributed by atoms with Crippen LogP contribution in [0.2, 0.25) is 5.15 Å². The molecule has 1 rings (SSSR count). The molecule has 0 aliphatic heterocycles. The Morgan fingerprint density at radius 2 is 2.46 bits per heavy atom. The van der Waals surface area contributed by atoms with Crippen molar-refractivity contribution >= 4 is 17.4 Å². The van der Waals surface area contributed by atoms with Crippen LogP contribution in [0.25, 0.3) is 0 Å². The molecular formula is C7H9ClFN3O. The Labute approximate surface area is 79.3 Å². The van der Waals surface area contributed by atoms with E-state index < -0.39 is 6.67 Å². The van der Waals surface area contributed by atoms with Gasteiger partial charge in [-0.05, 0) is 0 Å². The van der Waals surface area contributed by atoms with Gasteiger partial charge in [0.05, 0.1) is 0 Å². The Morgan fingerprint density at radius 3 is 3.08 bits per heavy atom. The van der Waals surface area contributed by atoms with E-state index in [2.05, 4.69) is 10.4 Å². The SMILES string of the molecule is Cn1nc(Cl)c(=O)cc1NCCF. The molecule has 0 radical (unpaired) electrons. The zero-order valence-electron chi connectivity index (χ0n) is 7.05. The molecule has 72 valence electrons. The number of aromatic nitrogens is 2. The minimum atomic E-state index is -0.503. The number of aryl methyl sites for hydroxylation is 1.